The first-order valence-corrected chi connectivity index (χ1v) is 11.1. The number of ether oxygens (including phenoxy) is 1. The number of hydrazine groups is 1. The standard InChI is InChI=1S/C19H23N3O3S3/c1-9-5-6-12-14(7-9)28-17(15(12)18(24)25-4)20-19(26)22-21-16(23)13-8-27-11(3)10(13)2/h8-9H,5-7H2,1-4H3,(H,21,23)(H2,20,22,26). The molecule has 150 valence electrons. The van der Waals surface area contributed by atoms with Crippen LogP contribution in [0.15, 0.2) is 5.38 Å². The van der Waals surface area contributed by atoms with Gasteiger partial charge in [0, 0.05) is 15.1 Å². The summed E-state index contributed by atoms with van der Waals surface area (Å²) in [4.78, 5) is 27.0. The second-order valence-electron chi connectivity index (χ2n) is 6.91. The van der Waals surface area contributed by atoms with Gasteiger partial charge in [0.25, 0.3) is 5.91 Å². The van der Waals surface area contributed by atoms with E-state index in [2.05, 4.69) is 23.1 Å². The lowest BCUT2D eigenvalue weighted by Gasteiger charge is -2.18. The highest BCUT2D eigenvalue weighted by molar-refractivity contribution is 7.80. The summed E-state index contributed by atoms with van der Waals surface area (Å²) in [6.45, 7) is 6.10. The number of amides is 1. The molecule has 28 heavy (non-hydrogen) atoms. The molecule has 2 aromatic heterocycles. The van der Waals surface area contributed by atoms with Crippen LogP contribution in [0.5, 0.6) is 0 Å². The van der Waals surface area contributed by atoms with Crippen LogP contribution < -0.4 is 16.2 Å². The van der Waals surface area contributed by atoms with Gasteiger partial charge < -0.3 is 10.1 Å². The van der Waals surface area contributed by atoms with Crippen molar-refractivity contribution in [2.24, 2.45) is 5.92 Å². The Morgan fingerprint density at radius 3 is 2.68 bits per heavy atom. The van der Waals surface area contributed by atoms with Crippen molar-refractivity contribution < 1.29 is 14.3 Å². The van der Waals surface area contributed by atoms with Crippen molar-refractivity contribution in [3.63, 3.8) is 0 Å². The molecule has 1 aliphatic carbocycles. The quantitative estimate of drug-likeness (QED) is 0.383. The first-order chi connectivity index (χ1) is 13.3. The molecule has 1 aliphatic rings. The zero-order chi connectivity index (χ0) is 20.4. The van der Waals surface area contributed by atoms with Crippen molar-refractivity contribution in [3.05, 3.63) is 37.4 Å². The second kappa shape index (κ2) is 8.59. The van der Waals surface area contributed by atoms with Gasteiger partial charge in [-0.05, 0) is 62.4 Å². The summed E-state index contributed by atoms with van der Waals surface area (Å²) in [6.07, 6.45) is 2.84. The van der Waals surface area contributed by atoms with E-state index in [0.717, 1.165) is 35.3 Å². The van der Waals surface area contributed by atoms with Gasteiger partial charge in [-0.2, -0.15) is 0 Å². The predicted molar refractivity (Wildman–Crippen MR) is 117 cm³/mol. The molecule has 0 spiro atoms. The Morgan fingerprint density at radius 1 is 1.29 bits per heavy atom. The Morgan fingerprint density at radius 2 is 2.04 bits per heavy atom. The number of fused-ring (bicyclic) bond motifs is 1. The van der Waals surface area contributed by atoms with Gasteiger partial charge in [-0.25, -0.2) is 4.79 Å². The Balaban J connectivity index is 1.71. The predicted octanol–water partition coefficient (Wildman–Crippen LogP) is 3.97. The van der Waals surface area contributed by atoms with E-state index in [9.17, 15) is 9.59 Å². The average Bonchev–Trinajstić information content (AvgIpc) is 3.18. The van der Waals surface area contributed by atoms with Crippen molar-refractivity contribution in [3.8, 4) is 0 Å². The number of methoxy groups -OCH3 is 1. The van der Waals surface area contributed by atoms with Crippen LogP contribution in [0.3, 0.4) is 0 Å². The summed E-state index contributed by atoms with van der Waals surface area (Å²) in [5.74, 6) is -0.0320. The maximum Gasteiger partial charge on any atom is 0.341 e. The molecule has 1 unspecified atom stereocenters. The molecule has 0 fully saturated rings. The third-order valence-corrected chi connectivity index (χ3v) is 7.34. The monoisotopic (exact) mass is 437 g/mol. The minimum atomic E-state index is -0.370. The minimum Gasteiger partial charge on any atom is -0.465 e. The molecule has 2 heterocycles. The second-order valence-corrected chi connectivity index (χ2v) is 9.51. The lowest BCUT2D eigenvalue weighted by atomic mass is 9.88. The fourth-order valence-corrected chi connectivity index (χ4v) is 5.70. The fraction of sp³-hybridized carbons (Fsp3) is 0.421. The normalized spacial score (nSPS) is 15.5. The van der Waals surface area contributed by atoms with Gasteiger partial charge in [-0.1, -0.05) is 6.92 Å². The van der Waals surface area contributed by atoms with Crippen LogP contribution in [-0.2, 0) is 17.6 Å². The molecule has 3 N–H and O–H groups in total. The van der Waals surface area contributed by atoms with Crippen LogP contribution in [0.1, 0.15) is 54.9 Å². The number of esters is 1. The summed E-state index contributed by atoms with van der Waals surface area (Å²) in [5.41, 5.74) is 8.50. The number of carbonyl (C=O) groups excluding carboxylic acids is 2. The van der Waals surface area contributed by atoms with E-state index in [1.807, 2.05) is 19.2 Å². The van der Waals surface area contributed by atoms with Crippen LogP contribution in [0, 0.1) is 19.8 Å². The van der Waals surface area contributed by atoms with Gasteiger partial charge in [0.1, 0.15) is 5.00 Å². The maximum atomic E-state index is 12.3. The van der Waals surface area contributed by atoms with Crippen LogP contribution >= 0.6 is 34.9 Å². The molecule has 0 saturated carbocycles. The lowest BCUT2D eigenvalue weighted by Crippen LogP contribution is -2.43. The highest BCUT2D eigenvalue weighted by Gasteiger charge is 2.28. The number of thiophene rings is 2. The highest BCUT2D eigenvalue weighted by atomic mass is 32.1. The third kappa shape index (κ3) is 4.21. The topological polar surface area (TPSA) is 79.5 Å². The Hall–Kier alpha value is -1.97. The number of rotatable bonds is 3. The van der Waals surface area contributed by atoms with E-state index in [1.165, 1.54) is 34.7 Å². The summed E-state index contributed by atoms with van der Waals surface area (Å²) in [5, 5.41) is 5.74. The van der Waals surface area contributed by atoms with Crippen molar-refractivity contribution in [2.45, 2.75) is 40.0 Å². The molecule has 9 heteroatoms. The van der Waals surface area contributed by atoms with Crippen LogP contribution in [0.25, 0.3) is 0 Å². The number of nitrogens with one attached hydrogen (secondary N) is 3. The number of hydrogen-bond donors (Lipinski definition) is 3. The van der Waals surface area contributed by atoms with E-state index in [0.29, 0.717) is 22.0 Å². The van der Waals surface area contributed by atoms with Gasteiger partial charge >= 0.3 is 5.97 Å². The molecule has 0 bridgehead atoms. The smallest absolute Gasteiger partial charge is 0.341 e. The van der Waals surface area contributed by atoms with Crippen molar-refractivity contribution in [2.75, 3.05) is 12.4 Å². The molecule has 1 atom stereocenters. The van der Waals surface area contributed by atoms with E-state index in [1.54, 1.807) is 0 Å². The Bertz CT molecular complexity index is 932. The number of anilines is 1. The number of thiocarbonyl (C=S) groups is 1. The minimum absolute atomic E-state index is 0.217. The maximum absolute atomic E-state index is 12.3. The summed E-state index contributed by atoms with van der Waals surface area (Å²) >= 11 is 8.37. The molecule has 0 aliphatic heterocycles. The highest BCUT2D eigenvalue weighted by Crippen LogP contribution is 2.40. The summed E-state index contributed by atoms with van der Waals surface area (Å²) < 4.78 is 4.98. The summed E-state index contributed by atoms with van der Waals surface area (Å²) in [7, 11) is 1.38. The van der Waals surface area contributed by atoms with Gasteiger partial charge in [0.05, 0.1) is 18.2 Å². The van der Waals surface area contributed by atoms with E-state index in [-0.39, 0.29) is 17.0 Å². The average molecular weight is 438 g/mol. The Labute approximate surface area is 177 Å². The number of hydrogen-bond acceptors (Lipinski definition) is 6. The largest absolute Gasteiger partial charge is 0.465 e. The van der Waals surface area contributed by atoms with Crippen LogP contribution in [0.2, 0.25) is 0 Å². The zero-order valence-corrected chi connectivity index (χ0v) is 18.7. The molecule has 6 nitrogen and oxygen atoms in total. The van der Waals surface area contributed by atoms with E-state index >= 15 is 0 Å². The van der Waals surface area contributed by atoms with Gasteiger partial charge in [-0.15, -0.1) is 22.7 Å². The van der Waals surface area contributed by atoms with E-state index in [4.69, 9.17) is 17.0 Å². The first kappa shape index (κ1) is 20.8. The van der Waals surface area contributed by atoms with Gasteiger partial charge in [0.15, 0.2) is 5.11 Å². The first-order valence-electron chi connectivity index (χ1n) is 8.96. The molecule has 0 saturated heterocycles. The summed E-state index contributed by atoms with van der Waals surface area (Å²) in [6, 6.07) is 0. The fourth-order valence-electron chi connectivity index (χ4n) is 3.21. The van der Waals surface area contributed by atoms with Crippen molar-refractivity contribution >= 4 is 56.9 Å². The third-order valence-electron chi connectivity index (χ3n) is 4.95. The zero-order valence-electron chi connectivity index (χ0n) is 16.2. The molecular weight excluding hydrogens is 414 g/mol. The Kier molecular flexibility index (Phi) is 6.36. The van der Waals surface area contributed by atoms with E-state index < -0.39 is 0 Å². The van der Waals surface area contributed by atoms with Crippen LogP contribution in [0.4, 0.5) is 5.00 Å². The molecule has 0 aromatic carbocycles. The number of aryl methyl sites for hydroxylation is 1. The van der Waals surface area contributed by atoms with Crippen molar-refractivity contribution in [1.29, 1.82) is 0 Å². The molecular formula is C19H23N3O3S3. The molecule has 3 rings (SSSR count). The van der Waals surface area contributed by atoms with Gasteiger partial charge in [-0.3, -0.25) is 15.6 Å². The number of carbonyl (C=O) groups is 2. The lowest BCUT2D eigenvalue weighted by molar-refractivity contribution is 0.0600. The SMILES string of the molecule is COC(=O)c1c(NC(=S)NNC(=O)c2csc(C)c2C)sc2c1CCC(C)C2. The van der Waals surface area contributed by atoms with Gasteiger partial charge in [0.2, 0.25) is 0 Å². The molecule has 2 aromatic rings. The molecule has 1 amide bonds. The van der Waals surface area contributed by atoms with Crippen LogP contribution in [-0.4, -0.2) is 24.1 Å². The molecule has 0 radical (unpaired) electrons. The van der Waals surface area contributed by atoms with Crippen molar-refractivity contribution in [1.82, 2.24) is 10.9 Å².